The summed E-state index contributed by atoms with van der Waals surface area (Å²) in [5.74, 6) is 1.05. The zero-order valence-electron chi connectivity index (χ0n) is 13.3. The molecule has 1 aliphatic heterocycles. The van der Waals surface area contributed by atoms with Crippen molar-refractivity contribution in [3.8, 4) is 11.4 Å². The number of piperidine rings is 1. The van der Waals surface area contributed by atoms with Gasteiger partial charge < -0.3 is 9.88 Å². The summed E-state index contributed by atoms with van der Waals surface area (Å²) in [5, 5.41) is 3.65. The van der Waals surface area contributed by atoms with Gasteiger partial charge in [0.25, 0.3) is 0 Å². The van der Waals surface area contributed by atoms with Gasteiger partial charge in [0.1, 0.15) is 5.82 Å². The van der Waals surface area contributed by atoms with Gasteiger partial charge >= 0.3 is 0 Å². The lowest BCUT2D eigenvalue weighted by Gasteiger charge is -2.24. The predicted molar refractivity (Wildman–Crippen MR) is 93.2 cm³/mol. The van der Waals surface area contributed by atoms with Gasteiger partial charge in [-0.1, -0.05) is 18.6 Å². The van der Waals surface area contributed by atoms with Crippen LogP contribution in [0.1, 0.15) is 25.7 Å². The fourth-order valence-corrected chi connectivity index (χ4v) is 3.48. The maximum absolute atomic E-state index is 4.86. The highest BCUT2D eigenvalue weighted by Gasteiger charge is 2.16. The number of rotatable bonds is 4. The first-order valence-electron chi connectivity index (χ1n) is 8.51. The van der Waals surface area contributed by atoms with Gasteiger partial charge in [-0.2, -0.15) is 0 Å². The molecule has 1 aromatic carbocycles. The van der Waals surface area contributed by atoms with Crippen LogP contribution in [0.15, 0.2) is 48.8 Å². The van der Waals surface area contributed by atoms with E-state index in [2.05, 4.69) is 39.1 Å². The van der Waals surface area contributed by atoms with E-state index in [0.717, 1.165) is 36.4 Å². The van der Waals surface area contributed by atoms with E-state index in [0.29, 0.717) is 6.04 Å². The standard InChI is InChI=1S/C19H22N4/c1-2-7-18-17(6-1)22-19(15-8-12-20-13-9-15)23(18)14-10-16-5-3-4-11-21-16/h1-2,6-9,12-13,16,21H,3-5,10-11,14H2. The minimum Gasteiger partial charge on any atom is -0.324 e. The number of pyridine rings is 1. The molecule has 1 N–H and O–H groups in total. The van der Waals surface area contributed by atoms with E-state index in [1.807, 2.05) is 24.5 Å². The summed E-state index contributed by atoms with van der Waals surface area (Å²) in [6.07, 6.45) is 8.77. The molecule has 23 heavy (non-hydrogen) atoms. The Morgan fingerprint density at radius 1 is 1.09 bits per heavy atom. The summed E-state index contributed by atoms with van der Waals surface area (Å²) in [6.45, 7) is 2.16. The molecule has 1 atom stereocenters. The highest BCUT2D eigenvalue weighted by Crippen LogP contribution is 2.25. The molecule has 3 aromatic rings. The van der Waals surface area contributed by atoms with Crippen LogP contribution in [-0.4, -0.2) is 27.1 Å². The van der Waals surface area contributed by atoms with Crippen molar-refractivity contribution in [2.45, 2.75) is 38.3 Å². The molecule has 3 heterocycles. The second kappa shape index (κ2) is 6.50. The monoisotopic (exact) mass is 306 g/mol. The molecule has 118 valence electrons. The largest absolute Gasteiger partial charge is 0.324 e. The van der Waals surface area contributed by atoms with Crippen LogP contribution in [0.2, 0.25) is 0 Å². The zero-order chi connectivity index (χ0) is 15.5. The Balaban J connectivity index is 1.68. The van der Waals surface area contributed by atoms with Crippen molar-refractivity contribution in [2.24, 2.45) is 0 Å². The van der Waals surface area contributed by atoms with Gasteiger partial charge in [-0.3, -0.25) is 4.98 Å². The maximum atomic E-state index is 4.86. The average Bonchev–Trinajstić information content (AvgIpc) is 3.00. The molecule has 0 amide bonds. The fraction of sp³-hybridized carbons (Fsp3) is 0.368. The number of benzene rings is 1. The molecule has 4 heteroatoms. The minimum absolute atomic E-state index is 0.634. The molecule has 1 saturated heterocycles. The lowest BCUT2D eigenvalue weighted by Crippen LogP contribution is -2.34. The third kappa shape index (κ3) is 2.99. The highest BCUT2D eigenvalue weighted by molar-refractivity contribution is 5.80. The van der Waals surface area contributed by atoms with Crippen molar-refractivity contribution in [1.82, 2.24) is 19.9 Å². The van der Waals surface area contributed by atoms with E-state index in [4.69, 9.17) is 4.98 Å². The van der Waals surface area contributed by atoms with Crippen molar-refractivity contribution in [3.63, 3.8) is 0 Å². The molecular weight excluding hydrogens is 284 g/mol. The number of fused-ring (bicyclic) bond motifs is 1. The predicted octanol–water partition coefficient (Wildman–Crippen LogP) is 3.63. The van der Waals surface area contributed by atoms with Crippen LogP contribution in [0.25, 0.3) is 22.4 Å². The van der Waals surface area contributed by atoms with E-state index < -0.39 is 0 Å². The summed E-state index contributed by atoms with van der Waals surface area (Å²) in [4.78, 5) is 8.99. The van der Waals surface area contributed by atoms with Crippen LogP contribution in [-0.2, 0) is 6.54 Å². The summed E-state index contributed by atoms with van der Waals surface area (Å²) in [5.41, 5.74) is 3.42. The summed E-state index contributed by atoms with van der Waals surface area (Å²) in [6, 6.07) is 13.1. The Morgan fingerprint density at radius 2 is 1.96 bits per heavy atom. The number of hydrogen-bond donors (Lipinski definition) is 1. The molecule has 1 fully saturated rings. The number of hydrogen-bond acceptors (Lipinski definition) is 3. The molecule has 0 aliphatic carbocycles. The second-order valence-corrected chi connectivity index (χ2v) is 6.25. The van der Waals surface area contributed by atoms with E-state index in [-0.39, 0.29) is 0 Å². The van der Waals surface area contributed by atoms with Crippen molar-refractivity contribution in [3.05, 3.63) is 48.8 Å². The number of nitrogens with one attached hydrogen (secondary N) is 1. The SMILES string of the molecule is c1ccc2c(c1)nc(-c1ccncc1)n2CCC1CCCCN1. The van der Waals surface area contributed by atoms with Gasteiger partial charge in [0.15, 0.2) is 0 Å². The van der Waals surface area contributed by atoms with Gasteiger partial charge in [-0.25, -0.2) is 4.98 Å². The number of nitrogens with zero attached hydrogens (tertiary/aromatic N) is 3. The topological polar surface area (TPSA) is 42.7 Å². The van der Waals surface area contributed by atoms with Crippen molar-refractivity contribution in [1.29, 1.82) is 0 Å². The Labute approximate surface area is 136 Å². The highest BCUT2D eigenvalue weighted by atomic mass is 15.1. The summed E-state index contributed by atoms with van der Waals surface area (Å²) < 4.78 is 2.36. The molecule has 0 radical (unpaired) electrons. The van der Waals surface area contributed by atoms with Gasteiger partial charge in [0.05, 0.1) is 11.0 Å². The molecule has 0 bridgehead atoms. The molecule has 0 spiro atoms. The Morgan fingerprint density at radius 3 is 2.78 bits per heavy atom. The minimum atomic E-state index is 0.634. The van der Waals surface area contributed by atoms with Gasteiger partial charge in [0.2, 0.25) is 0 Å². The van der Waals surface area contributed by atoms with Crippen LogP contribution in [0.3, 0.4) is 0 Å². The zero-order valence-corrected chi connectivity index (χ0v) is 13.3. The third-order valence-corrected chi connectivity index (χ3v) is 4.71. The quantitative estimate of drug-likeness (QED) is 0.800. The first kappa shape index (κ1) is 14.4. The van der Waals surface area contributed by atoms with E-state index in [1.54, 1.807) is 0 Å². The van der Waals surface area contributed by atoms with Crippen LogP contribution in [0.4, 0.5) is 0 Å². The summed E-state index contributed by atoms with van der Waals surface area (Å²) in [7, 11) is 0. The van der Waals surface area contributed by atoms with Crippen LogP contribution >= 0.6 is 0 Å². The lowest BCUT2D eigenvalue weighted by molar-refractivity contribution is 0.368. The lowest BCUT2D eigenvalue weighted by atomic mass is 10.0. The molecule has 1 unspecified atom stereocenters. The average molecular weight is 306 g/mol. The summed E-state index contributed by atoms with van der Waals surface area (Å²) >= 11 is 0. The Kier molecular flexibility index (Phi) is 4.07. The Hall–Kier alpha value is -2.20. The van der Waals surface area contributed by atoms with E-state index >= 15 is 0 Å². The van der Waals surface area contributed by atoms with E-state index in [9.17, 15) is 0 Å². The van der Waals surface area contributed by atoms with Crippen LogP contribution < -0.4 is 5.32 Å². The molecule has 4 nitrogen and oxygen atoms in total. The van der Waals surface area contributed by atoms with Crippen LogP contribution in [0, 0.1) is 0 Å². The van der Waals surface area contributed by atoms with Crippen molar-refractivity contribution in [2.75, 3.05) is 6.54 Å². The first-order valence-corrected chi connectivity index (χ1v) is 8.51. The number of imidazole rings is 1. The smallest absolute Gasteiger partial charge is 0.141 e. The van der Waals surface area contributed by atoms with E-state index in [1.165, 1.54) is 24.8 Å². The number of aromatic nitrogens is 3. The number of para-hydroxylation sites is 2. The van der Waals surface area contributed by atoms with Gasteiger partial charge in [-0.15, -0.1) is 0 Å². The first-order chi connectivity index (χ1) is 11.4. The molecule has 1 aliphatic rings. The molecule has 2 aromatic heterocycles. The van der Waals surface area contributed by atoms with Gasteiger partial charge in [-0.05, 0) is 50.1 Å². The number of aryl methyl sites for hydroxylation is 1. The third-order valence-electron chi connectivity index (χ3n) is 4.71. The maximum Gasteiger partial charge on any atom is 0.141 e. The molecule has 0 saturated carbocycles. The van der Waals surface area contributed by atoms with Crippen molar-refractivity contribution >= 4 is 11.0 Å². The fourth-order valence-electron chi connectivity index (χ4n) is 3.48. The van der Waals surface area contributed by atoms with Gasteiger partial charge in [0, 0.05) is 30.5 Å². The normalized spacial score (nSPS) is 18.3. The Bertz CT molecular complexity index is 772. The molecular formula is C19H22N4. The molecule has 4 rings (SSSR count). The second-order valence-electron chi connectivity index (χ2n) is 6.25. The van der Waals surface area contributed by atoms with Crippen LogP contribution in [0.5, 0.6) is 0 Å². The van der Waals surface area contributed by atoms with Crippen molar-refractivity contribution < 1.29 is 0 Å².